The van der Waals surface area contributed by atoms with E-state index in [9.17, 15) is 36.7 Å². The molecule has 0 aliphatic heterocycles. The third-order valence-electron chi connectivity index (χ3n) is 24.1. The van der Waals surface area contributed by atoms with E-state index >= 15 is 0 Å². The van der Waals surface area contributed by atoms with Gasteiger partial charge < -0.3 is 18.9 Å². The molecule has 4 heterocycles. The van der Waals surface area contributed by atoms with Gasteiger partial charge in [0.25, 0.3) is 12.9 Å². The predicted octanol–water partition coefficient (Wildman–Crippen LogP) is 19.5. The van der Waals surface area contributed by atoms with Crippen molar-refractivity contribution in [1.29, 1.82) is 0 Å². The molecule has 16 rings (SSSR count). The summed E-state index contributed by atoms with van der Waals surface area (Å²) < 4.78 is 83.4. The Bertz CT molecular complexity index is 4340. The summed E-state index contributed by atoms with van der Waals surface area (Å²) >= 11 is 12.4. The van der Waals surface area contributed by atoms with Crippen LogP contribution in [0.2, 0.25) is 10.3 Å². The highest BCUT2D eigenvalue weighted by atomic mass is 35.5. The van der Waals surface area contributed by atoms with E-state index in [-0.39, 0.29) is 34.9 Å². The Kier molecular flexibility index (Phi) is 20.7. The van der Waals surface area contributed by atoms with E-state index in [1.807, 2.05) is 13.8 Å². The summed E-state index contributed by atoms with van der Waals surface area (Å²) in [6.07, 6.45) is 15.5. The molecule has 12 atom stereocenters. The maximum Gasteiger partial charge on any atom is 0.343 e. The van der Waals surface area contributed by atoms with Crippen molar-refractivity contribution in [2.24, 2.45) is 51.9 Å². The Morgan fingerprint density at radius 2 is 0.683 bits per heavy atom. The second-order valence-electron chi connectivity index (χ2n) is 30.4. The summed E-state index contributed by atoms with van der Waals surface area (Å²) in [5, 5.41) is 16.3. The van der Waals surface area contributed by atoms with Crippen LogP contribution in [0, 0.1) is 51.4 Å². The fourth-order valence-corrected chi connectivity index (χ4v) is 20.3. The van der Waals surface area contributed by atoms with E-state index in [0.717, 1.165) is 125 Å². The number of carbonyl (C=O) groups excluding carboxylic acids is 4. The molecule has 0 amide bonds. The minimum atomic E-state index is -2.81. The van der Waals surface area contributed by atoms with Gasteiger partial charge in [-0.1, -0.05) is 172 Å². The Balaban J connectivity index is 0.000000123. The van der Waals surface area contributed by atoms with E-state index < -0.39 is 58.6 Å². The third-order valence-corrected chi connectivity index (χ3v) is 25.0. The van der Waals surface area contributed by atoms with Crippen molar-refractivity contribution < 1.29 is 55.7 Å². The molecule has 0 radical (unpaired) electrons. The molecule has 16 nitrogen and oxygen atoms in total. The second kappa shape index (κ2) is 29.0. The van der Waals surface area contributed by atoms with Crippen molar-refractivity contribution in [1.82, 2.24) is 39.1 Å². The van der Waals surface area contributed by atoms with Crippen molar-refractivity contribution in [2.45, 2.75) is 217 Å². The maximum absolute atomic E-state index is 13.3. The van der Waals surface area contributed by atoms with Crippen molar-refractivity contribution in [2.75, 3.05) is 0 Å². The number of aryl methyl sites for hydroxylation is 8. The molecule has 22 heteroatoms. The van der Waals surface area contributed by atoms with Gasteiger partial charge in [0.2, 0.25) is 0 Å². The molecule has 8 aromatic rings. The van der Waals surface area contributed by atoms with Gasteiger partial charge in [0, 0.05) is 64.3 Å². The number of alkyl halides is 4. The van der Waals surface area contributed by atoms with Crippen molar-refractivity contribution in [3.63, 3.8) is 0 Å². The highest BCUT2D eigenvalue weighted by Crippen LogP contribution is 2.67. The van der Waals surface area contributed by atoms with Crippen LogP contribution < -0.4 is 0 Å². The van der Waals surface area contributed by atoms with Crippen LogP contribution in [0.15, 0.2) is 97.6 Å². The maximum atomic E-state index is 13.3. The van der Waals surface area contributed by atoms with E-state index in [0.29, 0.717) is 56.9 Å². The van der Waals surface area contributed by atoms with Gasteiger partial charge in [-0.3, -0.25) is 18.7 Å². The molecule has 4 fully saturated rings. The zero-order valence-corrected chi connectivity index (χ0v) is 62.9. The Morgan fingerprint density at radius 3 is 0.904 bits per heavy atom. The second-order valence-corrected chi connectivity index (χ2v) is 31.1. The Morgan fingerprint density at radius 1 is 0.433 bits per heavy atom. The van der Waals surface area contributed by atoms with E-state index in [1.165, 1.54) is 102 Å². The first kappa shape index (κ1) is 74.2. The Hall–Kier alpha value is -8.10. The number of rotatable bonds is 18. The quantitative estimate of drug-likeness (QED) is 0.0452. The molecule has 4 aromatic heterocycles. The van der Waals surface area contributed by atoms with Crippen LogP contribution in [0.5, 0.6) is 0 Å². The molecule has 0 spiro atoms. The van der Waals surface area contributed by atoms with Gasteiger partial charge in [0.15, 0.2) is 0 Å². The van der Waals surface area contributed by atoms with Gasteiger partial charge in [-0.2, -0.15) is 20.4 Å². The highest BCUT2D eigenvalue weighted by molar-refractivity contribution is 6.33. The van der Waals surface area contributed by atoms with Crippen LogP contribution in [0.3, 0.4) is 0 Å². The normalized spacial score (nSPS) is 26.3. The highest BCUT2D eigenvalue weighted by Gasteiger charge is 2.63. The van der Waals surface area contributed by atoms with Crippen molar-refractivity contribution >= 4 is 47.1 Å². The lowest BCUT2D eigenvalue weighted by Crippen LogP contribution is -2.34. The molecule has 0 N–H and O–H groups in total. The van der Waals surface area contributed by atoms with Gasteiger partial charge in [-0.25, -0.2) is 36.7 Å². The molecule has 12 unspecified atom stereocenters. The number of benzene rings is 4. The molecular formula is C82H94Cl2F4N8O8. The van der Waals surface area contributed by atoms with Crippen LogP contribution in [0.25, 0.3) is 0 Å². The molecule has 8 aliphatic rings. The standard InChI is InChI=1S/2C21H24F2N2O2.2C20H23ClN2O2/c2*1-4-5-16-14-8-9-21(16,17-10-12(2)6-7-13(14)17)27-20(26)15-11-25(3)24-18(15)19(22)23;2*1-4-5-16-14-8-9-20(16,17-10-12(2)6-7-13(14)17)25-19(24)15-11-22-23(3)18(15)21/h2*6-7,10-11,14,16,19H,4-5,8-9H2,1-3H3;2*6-7,10-11,14,16H,4-5,8-9H2,1-3H3. The molecule has 8 aliphatic carbocycles. The van der Waals surface area contributed by atoms with Crippen LogP contribution in [0.1, 0.15) is 287 Å². The molecule has 104 heavy (non-hydrogen) atoms. The van der Waals surface area contributed by atoms with Gasteiger partial charge in [0.1, 0.15) is 66.4 Å². The average molecular weight is 1470 g/mol. The number of esters is 4. The topological polar surface area (TPSA) is 176 Å². The fourth-order valence-electron chi connectivity index (χ4n) is 19.9. The summed E-state index contributed by atoms with van der Waals surface area (Å²) in [6.45, 7) is 16.9. The average Bonchev–Trinajstić information content (AvgIpc) is 1.57. The summed E-state index contributed by atoms with van der Waals surface area (Å²) in [5.74, 6) is 0.716. The minimum Gasteiger partial charge on any atom is -0.450 e. The number of carbonyl (C=O) groups is 4. The van der Waals surface area contributed by atoms with E-state index in [4.69, 9.17) is 42.1 Å². The lowest BCUT2D eigenvalue weighted by molar-refractivity contribution is -0.0422. The number of fused-ring (bicyclic) bond motifs is 20. The summed E-state index contributed by atoms with van der Waals surface area (Å²) in [4.78, 5) is 51.7. The lowest BCUT2D eigenvalue weighted by Gasteiger charge is -2.33. The number of hydrogen-bond donors (Lipinski definition) is 0. The monoisotopic (exact) mass is 1460 g/mol. The van der Waals surface area contributed by atoms with Crippen LogP contribution in [-0.2, 0) is 69.5 Å². The van der Waals surface area contributed by atoms with Gasteiger partial charge >= 0.3 is 23.9 Å². The summed E-state index contributed by atoms with van der Waals surface area (Å²) in [7, 11) is 6.50. The molecular weight excluding hydrogens is 1370 g/mol. The third kappa shape index (κ3) is 12.6. The van der Waals surface area contributed by atoms with Gasteiger partial charge in [-0.05, 0) is 173 Å². The summed E-state index contributed by atoms with van der Waals surface area (Å²) in [6, 6.07) is 25.8. The smallest absolute Gasteiger partial charge is 0.343 e. The first-order valence-electron chi connectivity index (χ1n) is 37.1. The van der Waals surface area contributed by atoms with Gasteiger partial charge in [0.05, 0.1) is 12.4 Å². The number of aromatic nitrogens is 8. The summed E-state index contributed by atoms with van der Waals surface area (Å²) in [5.41, 5.74) is 11.3. The van der Waals surface area contributed by atoms with Crippen molar-refractivity contribution in [3.05, 3.63) is 208 Å². The number of ether oxygens (including phenoxy) is 4. The zero-order chi connectivity index (χ0) is 74.2. The largest absolute Gasteiger partial charge is 0.450 e. The van der Waals surface area contributed by atoms with Crippen LogP contribution in [-0.4, -0.2) is 63.0 Å². The van der Waals surface area contributed by atoms with E-state index in [2.05, 4.69) is 135 Å². The number of nitrogens with zero attached hydrogens (tertiary/aromatic N) is 8. The van der Waals surface area contributed by atoms with E-state index in [1.54, 1.807) is 14.1 Å². The molecule has 4 saturated carbocycles. The first-order valence-corrected chi connectivity index (χ1v) is 37.8. The molecule has 552 valence electrons. The Labute approximate surface area is 615 Å². The van der Waals surface area contributed by atoms with Crippen molar-refractivity contribution in [3.8, 4) is 0 Å². The SMILES string of the molecule is CCCC1C2CCC1(OC(=O)c1cn(C)nc1C(F)F)c1cc(C)ccc12.CCCC1C2CCC1(OC(=O)c1cn(C)nc1C(F)F)c1cc(C)ccc12.CCCC1C2CCC1(OC(=O)c1cnn(C)c1Cl)c1cc(C)ccc12.CCCC1C2CCC1(OC(=O)c1cnn(C)c1Cl)c1cc(C)ccc12. The molecule has 0 saturated heterocycles. The lowest BCUT2D eigenvalue weighted by atomic mass is 9.85. The van der Waals surface area contributed by atoms with Crippen LogP contribution >= 0.6 is 23.2 Å². The molecule has 4 aromatic carbocycles. The fraction of sp³-hybridized carbons (Fsp3) is 0.512. The van der Waals surface area contributed by atoms with Gasteiger partial charge in [-0.15, -0.1) is 0 Å². The minimum absolute atomic E-state index is 0.137. The number of halogens is 6. The zero-order valence-electron chi connectivity index (χ0n) is 61.4. The van der Waals surface area contributed by atoms with Crippen LogP contribution in [0.4, 0.5) is 17.6 Å². The molecule has 8 bridgehead atoms. The first-order chi connectivity index (χ1) is 49.7. The number of hydrogen-bond acceptors (Lipinski definition) is 12. The predicted molar refractivity (Wildman–Crippen MR) is 387 cm³/mol.